The molecule has 4 heteroatoms. The number of rotatable bonds is 16. The minimum atomic E-state index is 0. The van der Waals surface area contributed by atoms with Gasteiger partial charge in [-0.3, -0.25) is 0 Å². The van der Waals surface area contributed by atoms with Gasteiger partial charge in [0.2, 0.25) is 0 Å². The van der Waals surface area contributed by atoms with Crippen molar-refractivity contribution < 1.29 is 26.4 Å². The first-order chi connectivity index (χ1) is 10.1. The Bertz CT molecular complexity index is 208. The van der Waals surface area contributed by atoms with Gasteiger partial charge in [0.1, 0.15) is 13.3 Å². The Hall–Kier alpha value is 0.170. The van der Waals surface area contributed by atoms with E-state index in [9.17, 15) is 0 Å². The first-order valence-corrected chi connectivity index (χ1v) is 9.02. The zero-order valence-electron chi connectivity index (χ0n) is 15.5. The SMILES string of the molecule is CCCCCCCCCCCCOCOCC[N+](C)(C)C.[Cl-]. The fraction of sp³-hybridized carbons (Fsp3) is 1.00. The molecule has 0 fully saturated rings. The topological polar surface area (TPSA) is 18.5 Å². The molecule has 0 saturated carbocycles. The molecule has 0 aliphatic carbocycles. The zero-order chi connectivity index (χ0) is 15.8. The molecule has 0 heterocycles. The van der Waals surface area contributed by atoms with Crippen molar-refractivity contribution in [1.29, 1.82) is 0 Å². The van der Waals surface area contributed by atoms with Gasteiger partial charge in [0.25, 0.3) is 0 Å². The third-order valence-electron chi connectivity index (χ3n) is 3.72. The lowest BCUT2D eigenvalue weighted by atomic mass is 10.1. The molecule has 136 valence electrons. The van der Waals surface area contributed by atoms with E-state index in [4.69, 9.17) is 9.47 Å². The third kappa shape index (κ3) is 22.5. The van der Waals surface area contributed by atoms with Gasteiger partial charge in [0.15, 0.2) is 0 Å². The highest BCUT2D eigenvalue weighted by Gasteiger charge is 2.05. The molecule has 0 spiro atoms. The zero-order valence-corrected chi connectivity index (χ0v) is 16.3. The molecule has 0 aliphatic heterocycles. The standard InChI is InChI=1S/C18H40NO2.ClH/c1-5-6-7-8-9-10-11-12-13-14-16-20-18-21-17-15-19(2,3)4;/h5-18H2,1-4H3;1H/q+1;/p-1. The second kappa shape index (κ2) is 17.5. The van der Waals surface area contributed by atoms with Gasteiger partial charge in [-0.1, -0.05) is 64.7 Å². The summed E-state index contributed by atoms with van der Waals surface area (Å²) in [6.45, 7) is 5.39. The van der Waals surface area contributed by atoms with Crippen molar-refractivity contribution >= 4 is 0 Å². The van der Waals surface area contributed by atoms with E-state index in [0.29, 0.717) is 6.79 Å². The maximum absolute atomic E-state index is 5.49. The van der Waals surface area contributed by atoms with Gasteiger partial charge in [0.05, 0.1) is 27.7 Å². The Morgan fingerprint density at radius 1 is 0.636 bits per heavy atom. The Morgan fingerprint density at radius 3 is 1.59 bits per heavy atom. The third-order valence-corrected chi connectivity index (χ3v) is 3.72. The average Bonchev–Trinajstić information content (AvgIpc) is 2.42. The Labute approximate surface area is 145 Å². The summed E-state index contributed by atoms with van der Waals surface area (Å²) in [5.41, 5.74) is 0. The molecule has 0 aliphatic rings. The summed E-state index contributed by atoms with van der Waals surface area (Å²) in [6, 6.07) is 0. The van der Waals surface area contributed by atoms with Crippen LogP contribution in [0.3, 0.4) is 0 Å². The maximum atomic E-state index is 5.49. The van der Waals surface area contributed by atoms with Crippen LogP contribution in [0.4, 0.5) is 0 Å². The molecule has 0 unspecified atom stereocenters. The van der Waals surface area contributed by atoms with Crippen molar-refractivity contribution in [2.24, 2.45) is 0 Å². The van der Waals surface area contributed by atoms with Crippen molar-refractivity contribution in [1.82, 2.24) is 0 Å². The monoisotopic (exact) mass is 337 g/mol. The van der Waals surface area contributed by atoms with Crippen molar-refractivity contribution in [3.63, 3.8) is 0 Å². The number of quaternary nitrogens is 1. The van der Waals surface area contributed by atoms with Crippen molar-refractivity contribution in [3.8, 4) is 0 Å². The molecule has 0 atom stereocenters. The number of unbranched alkanes of at least 4 members (excludes halogenated alkanes) is 9. The predicted molar refractivity (Wildman–Crippen MR) is 91.5 cm³/mol. The lowest BCUT2D eigenvalue weighted by Crippen LogP contribution is -3.00. The van der Waals surface area contributed by atoms with Gasteiger partial charge < -0.3 is 26.4 Å². The molecule has 0 aromatic heterocycles. The van der Waals surface area contributed by atoms with E-state index in [1.54, 1.807) is 0 Å². The van der Waals surface area contributed by atoms with Crippen LogP contribution >= 0.6 is 0 Å². The molecule has 0 rings (SSSR count). The normalized spacial score (nSPS) is 11.5. The fourth-order valence-electron chi connectivity index (χ4n) is 2.21. The molecule has 0 N–H and O–H groups in total. The van der Waals surface area contributed by atoms with Crippen LogP contribution in [0.5, 0.6) is 0 Å². The Kier molecular flexibility index (Phi) is 19.5. The maximum Gasteiger partial charge on any atom is 0.147 e. The first kappa shape index (κ1) is 24.4. The molecule has 0 saturated heterocycles. The van der Waals surface area contributed by atoms with Crippen LogP contribution in [0, 0.1) is 0 Å². The second-order valence-electron chi connectivity index (χ2n) is 7.13. The quantitative estimate of drug-likeness (QED) is 0.242. The molecule has 0 bridgehead atoms. The number of ether oxygens (including phenoxy) is 2. The molecule has 22 heavy (non-hydrogen) atoms. The van der Waals surface area contributed by atoms with Crippen molar-refractivity contribution in [2.75, 3.05) is 47.7 Å². The van der Waals surface area contributed by atoms with E-state index in [0.717, 1.165) is 24.2 Å². The van der Waals surface area contributed by atoms with E-state index >= 15 is 0 Å². The van der Waals surface area contributed by atoms with E-state index < -0.39 is 0 Å². The number of hydrogen-bond donors (Lipinski definition) is 0. The molecule has 3 nitrogen and oxygen atoms in total. The highest BCUT2D eigenvalue weighted by atomic mass is 35.5. The van der Waals surface area contributed by atoms with Crippen LogP contribution in [0.2, 0.25) is 0 Å². The number of hydrogen-bond acceptors (Lipinski definition) is 2. The smallest absolute Gasteiger partial charge is 0.147 e. The molecule has 0 radical (unpaired) electrons. The van der Waals surface area contributed by atoms with Gasteiger partial charge in [-0.05, 0) is 6.42 Å². The fourth-order valence-corrected chi connectivity index (χ4v) is 2.21. The highest BCUT2D eigenvalue weighted by Crippen LogP contribution is 2.10. The van der Waals surface area contributed by atoms with Crippen LogP contribution in [-0.2, 0) is 9.47 Å². The highest BCUT2D eigenvalue weighted by molar-refractivity contribution is 4.47. The van der Waals surface area contributed by atoms with Crippen molar-refractivity contribution in [2.45, 2.75) is 71.1 Å². The Balaban J connectivity index is 0. The van der Waals surface area contributed by atoms with E-state index in [-0.39, 0.29) is 12.4 Å². The predicted octanol–water partition coefficient (Wildman–Crippen LogP) is 1.61. The number of halogens is 1. The largest absolute Gasteiger partial charge is 1.00 e. The molecular weight excluding hydrogens is 298 g/mol. The summed E-state index contributed by atoms with van der Waals surface area (Å²) in [4.78, 5) is 0. The minimum Gasteiger partial charge on any atom is -1.00 e. The van der Waals surface area contributed by atoms with Crippen LogP contribution in [0.1, 0.15) is 71.1 Å². The number of likely N-dealkylation sites (N-methyl/N-ethyl adjacent to an activating group) is 1. The summed E-state index contributed by atoms with van der Waals surface area (Å²) in [6.07, 6.45) is 13.7. The molecule has 0 amide bonds. The van der Waals surface area contributed by atoms with Gasteiger partial charge in [-0.15, -0.1) is 0 Å². The first-order valence-electron chi connectivity index (χ1n) is 9.02. The summed E-state index contributed by atoms with van der Waals surface area (Å²) in [5.74, 6) is 0. The molecule has 0 aromatic rings. The lowest BCUT2D eigenvalue weighted by molar-refractivity contribution is -0.870. The number of nitrogens with zero attached hydrogens (tertiary/aromatic N) is 1. The second-order valence-corrected chi connectivity index (χ2v) is 7.13. The summed E-state index contributed by atoms with van der Waals surface area (Å²) < 4.78 is 11.9. The minimum absolute atomic E-state index is 0. The van der Waals surface area contributed by atoms with Crippen LogP contribution in [0.15, 0.2) is 0 Å². The van der Waals surface area contributed by atoms with Gasteiger partial charge in [0, 0.05) is 6.61 Å². The average molecular weight is 338 g/mol. The molecule has 0 aromatic carbocycles. The summed E-state index contributed by atoms with van der Waals surface area (Å²) >= 11 is 0. The van der Waals surface area contributed by atoms with Crippen molar-refractivity contribution in [3.05, 3.63) is 0 Å². The van der Waals surface area contributed by atoms with Gasteiger partial charge in [-0.25, -0.2) is 0 Å². The Morgan fingerprint density at radius 2 is 1.09 bits per heavy atom. The van der Waals surface area contributed by atoms with Gasteiger partial charge >= 0.3 is 0 Å². The van der Waals surface area contributed by atoms with E-state index in [1.807, 2.05) is 0 Å². The van der Waals surface area contributed by atoms with Gasteiger partial charge in [-0.2, -0.15) is 0 Å². The van der Waals surface area contributed by atoms with Crippen LogP contribution in [-0.4, -0.2) is 52.2 Å². The summed E-state index contributed by atoms with van der Waals surface area (Å²) in [7, 11) is 6.52. The van der Waals surface area contributed by atoms with Crippen LogP contribution < -0.4 is 12.4 Å². The summed E-state index contributed by atoms with van der Waals surface area (Å²) in [5, 5.41) is 0. The molecular formula is C18H40ClNO2. The van der Waals surface area contributed by atoms with E-state index in [2.05, 4.69) is 28.1 Å². The lowest BCUT2D eigenvalue weighted by Gasteiger charge is -2.23. The van der Waals surface area contributed by atoms with E-state index in [1.165, 1.54) is 64.2 Å². The van der Waals surface area contributed by atoms with Crippen LogP contribution in [0.25, 0.3) is 0 Å².